The second kappa shape index (κ2) is 10.5. The topological polar surface area (TPSA) is 100.0 Å². The number of hydrazone groups is 1. The fraction of sp³-hybridized carbons (Fsp3) is 0.240. The predicted molar refractivity (Wildman–Crippen MR) is 136 cm³/mol. The van der Waals surface area contributed by atoms with Crippen molar-refractivity contribution < 1.29 is 28.6 Å². The third kappa shape index (κ3) is 4.69. The Kier molecular flexibility index (Phi) is 6.97. The lowest BCUT2D eigenvalue weighted by molar-refractivity contribution is 0.0853. The van der Waals surface area contributed by atoms with Crippen molar-refractivity contribution in [2.75, 3.05) is 21.0 Å². The summed E-state index contributed by atoms with van der Waals surface area (Å²) in [6, 6.07) is 11.0. The van der Waals surface area contributed by atoms with Crippen LogP contribution in [0.15, 0.2) is 52.0 Å². The number of benzene rings is 2. The van der Waals surface area contributed by atoms with Crippen LogP contribution in [-0.4, -0.2) is 44.9 Å². The Morgan fingerprint density at radius 2 is 1.97 bits per heavy atom. The highest BCUT2D eigenvalue weighted by atomic mass is 35.5. The normalized spacial score (nSPS) is 16.1. The van der Waals surface area contributed by atoms with Crippen molar-refractivity contribution in [2.24, 2.45) is 10.3 Å². The number of nitrogens with one attached hydrogen (secondary N) is 1. The molecular weight excluding hydrogens is 506 g/mol. The van der Waals surface area contributed by atoms with Crippen molar-refractivity contribution in [3.05, 3.63) is 68.4 Å². The zero-order chi connectivity index (χ0) is 25.1. The molecule has 11 heteroatoms. The second-order valence-electron chi connectivity index (χ2n) is 7.88. The van der Waals surface area contributed by atoms with E-state index >= 15 is 0 Å². The lowest BCUT2D eigenvalue weighted by atomic mass is 9.95. The summed E-state index contributed by atoms with van der Waals surface area (Å²) >= 11 is 7.34. The van der Waals surface area contributed by atoms with Gasteiger partial charge in [0.25, 0.3) is 5.91 Å². The Morgan fingerprint density at radius 1 is 1.19 bits per heavy atom. The number of hydrogen-bond acceptors (Lipinski definition) is 9. The van der Waals surface area contributed by atoms with Crippen LogP contribution in [0.1, 0.15) is 32.8 Å². The van der Waals surface area contributed by atoms with Gasteiger partial charge in [0.1, 0.15) is 6.10 Å². The molecule has 1 unspecified atom stereocenters. The average Bonchev–Trinajstić information content (AvgIpc) is 3.67. The van der Waals surface area contributed by atoms with Crippen molar-refractivity contribution in [3.63, 3.8) is 0 Å². The minimum absolute atomic E-state index is 0.0183. The minimum Gasteiger partial charge on any atom is -0.492 e. The standard InChI is InChI=1S/C25H22ClN3O6S/c1-31-21-17(10-16-11-19(29-35-16)14-5-7-15(26)8-6-14)18(22-24(23(21)32-2)34-13-33-22)12-27-28-25(30)20-4-3-9-36-20/h3-9,12,16H,10-11,13H2,1-2H3,(H,28,30). The van der Waals surface area contributed by atoms with E-state index in [-0.39, 0.29) is 18.8 Å². The molecular formula is C25H22ClN3O6S. The molecule has 0 saturated carbocycles. The third-order valence-corrected chi connectivity index (χ3v) is 6.84. The molecule has 0 spiro atoms. The number of carbonyl (C=O) groups is 1. The highest BCUT2D eigenvalue weighted by Crippen LogP contribution is 2.52. The molecule has 2 aliphatic rings. The van der Waals surface area contributed by atoms with Crippen LogP contribution in [0.3, 0.4) is 0 Å². The van der Waals surface area contributed by atoms with E-state index < -0.39 is 0 Å². The van der Waals surface area contributed by atoms with Gasteiger partial charge in [-0.05, 0) is 29.1 Å². The molecule has 2 aromatic carbocycles. The highest BCUT2D eigenvalue weighted by molar-refractivity contribution is 7.12. The predicted octanol–water partition coefficient (Wildman–Crippen LogP) is 4.65. The Morgan fingerprint density at radius 3 is 2.69 bits per heavy atom. The van der Waals surface area contributed by atoms with Crippen LogP contribution in [0.5, 0.6) is 23.0 Å². The number of ether oxygens (including phenoxy) is 4. The zero-order valence-corrected chi connectivity index (χ0v) is 21.0. The van der Waals surface area contributed by atoms with Gasteiger partial charge in [-0.1, -0.05) is 35.0 Å². The van der Waals surface area contributed by atoms with Gasteiger partial charge in [0.05, 0.1) is 31.0 Å². The molecule has 1 amide bonds. The maximum atomic E-state index is 12.4. The second-order valence-corrected chi connectivity index (χ2v) is 9.26. The lowest BCUT2D eigenvalue weighted by Crippen LogP contribution is -2.17. The van der Waals surface area contributed by atoms with E-state index in [1.165, 1.54) is 24.7 Å². The number of hydrogen-bond donors (Lipinski definition) is 1. The first-order valence-electron chi connectivity index (χ1n) is 11.0. The van der Waals surface area contributed by atoms with Gasteiger partial charge in [-0.25, -0.2) is 5.43 Å². The summed E-state index contributed by atoms with van der Waals surface area (Å²) in [6.45, 7) is 0.0183. The first kappa shape index (κ1) is 24.0. The SMILES string of the molecule is COc1c(CC2CC(c3ccc(Cl)cc3)=NO2)c(C=NNC(=O)c2cccs2)c2c(c1OC)OCO2. The maximum absolute atomic E-state index is 12.4. The highest BCUT2D eigenvalue weighted by Gasteiger charge is 2.33. The number of carbonyl (C=O) groups excluding carboxylic acids is 1. The van der Waals surface area contributed by atoms with Crippen LogP contribution in [0.4, 0.5) is 0 Å². The van der Waals surface area contributed by atoms with Crippen molar-refractivity contribution in [3.8, 4) is 23.0 Å². The van der Waals surface area contributed by atoms with Crippen LogP contribution in [0.25, 0.3) is 0 Å². The fourth-order valence-electron chi connectivity index (χ4n) is 4.08. The monoisotopic (exact) mass is 527 g/mol. The lowest BCUT2D eigenvalue weighted by Gasteiger charge is -2.19. The van der Waals surface area contributed by atoms with Gasteiger partial charge < -0.3 is 23.8 Å². The summed E-state index contributed by atoms with van der Waals surface area (Å²) in [5.41, 5.74) is 5.63. The van der Waals surface area contributed by atoms with E-state index in [0.717, 1.165) is 16.8 Å². The summed E-state index contributed by atoms with van der Waals surface area (Å²) in [7, 11) is 3.08. The number of methoxy groups -OCH3 is 2. The molecule has 1 N–H and O–H groups in total. The summed E-state index contributed by atoms with van der Waals surface area (Å²) in [5, 5.41) is 10.9. The van der Waals surface area contributed by atoms with Gasteiger partial charge in [0.2, 0.25) is 18.3 Å². The number of fused-ring (bicyclic) bond motifs is 1. The average molecular weight is 528 g/mol. The molecule has 0 fully saturated rings. The largest absolute Gasteiger partial charge is 0.492 e. The van der Waals surface area contributed by atoms with Crippen LogP contribution in [0, 0.1) is 0 Å². The van der Waals surface area contributed by atoms with Crippen LogP contribution < -0.4 is 24.4 Å². The molecule has 36 heavy (non-hydrogen) atoms. The van der Waals surface area contributed by atoms with Gasteiger partial charge in [0.15, 0.2) is 11.5 Å². The number of rotatable bonds is 8. The number of thiophene rings is 1. The molecule has 186 valence electrons. The van der Waals surface area contributed by atoms with Gasteiger partial charge in [0, 0.05) is 29.0 Å². The summed E-state index contributed by atoms with van der Waals surface area (Å²) in [5.74, 6) is 1.44. The smallest absolute Gasteiger partial charge is 0.281 e. The van der Waals surface area contributed by atoms with E-state index in [4.69, 9.17) is 35.4 Å². The summed E-state index contributed by atoms with van der Waals surface area (Å²) < 4.78 is 22.8. The van der Waals surface area contributed by atoms with Crippen LogP contribution in [-0.2, 0) is 11.3 Å². The van der Waals surface area contributed by atoms with E-state index in [2.05, 4.69) is 15.7 Å². The van der Waals surface area contributed by atoms with E-state index in [0.29, 0.717) is 51.3 Å². The van der Waals surface area contributed by atoms with Crippen LogP contribution in [0.2, 0.25) is 5.02 Å². The molecule has 0 saturated heterocycles. The van der Waals surface area contributed by atoms with E-state index in [1.54, 1.807) is 19.2 Å². The third-order valence-electron chi connectivity index (χ3n) is 5.72. The number of oxime groups is 1. The van der Waals surface area contributed by atoms with Gasteiger partial charge in [-0.2, -0.15) is 5.10 Å². The molecule has 0 aliphatic carbocycles. The Labute approximate surface area is 216 Å². The number of nitrogens with zero attached hydrogens (tertiary/aromatic N) is 2. The Bertz CT molecular complexity index is 1320. The van der Waals surface area contributed by atoms with Gasteiger partial charge in [-0.15, -0.1) is 11.3 Å². The Balaban J connectivity index is 1.45. The van der Waals surface area contributed by atoms with Crippen LogP contribution >= 0.6 is 22.9 Å². The Hall–Kier alpha value is -3.76. The fourth-order valence-corrected chi connectivity index (χ4v) is 4.82. The minimum atomic E-state index is -0.308. The molecule has 1 aromatic heterocycles. The molecule has 1 atom stereocenters. The summed E-state index contributed by atoms with van der Waals surface area (Å²) in [6.07, 6.45) is 2.23. The van der Waals surface area contributed by atoms with Crippen molar-refractivity contribution in [2.45, 2.75) is 18.9 Å². The molecule has 5 rings (SSSR count). The molecule has 3 aromatic rings. The van der Waals surface area contributed by atoms with Crippen molar-refractivity contribution >= 4 is 40.8 Å². The molecule has 2 aliphatic heterocycles. The first-order chi connectivity index (χ1) is 17.6. The van der Waals surface area contributed by atoms with Gasteiger partial charge >= 0.3 is 0 Å². The quantitative estimate of drug-likeness (QED) is 0.338. The number of halogens is 1. The van der Waals surface area contributed by atoms with E-state index in [1.807, 2.05) is 29.6 Å². The van der Waals surface area contributed by atoms with Crippen molar-refractivity contribution in [1.29, 1.82) is 0 Å². The molecule has 9 nitrogen and oxygen atoms in total. The number of amides is 1. The van der Waals surface area contributed by atoms with Crippen molar-refractivity contribution in [1.82, 2.24) is 5.43 Å². The first-order valence-corrected chi connectivity index (χ1v) is 12.3. The zero-order valence-electron chi connectivity index (χ0n) is 19.4. The molecule has 3 heterocycles. The molecule has 0 radical (unpaired) electrons. The molecule has 0 bridgehead atoms. The maximum Gasteiger partial charge on any atom is 0.281 e. The summed E-state index contributed by atoms with van der Waals surface area (Å²) in [4.78, 5) is 18.7. The van der Waals surface area contributed by atoms with E-state index in [9.17, 15) is 4.79 Å². The van der Waals surface area contributed by atoms with Gasteiger partial charge in [-0.3, -0.25) is 4.79 Å².